The van der Waals surface area contributed by atoms with Gasteiger partial charge in [0.15, 0.2) is 0 Å². The summed E-state index contributed by atoms with van der Waals surface area (Å²) in [6.45, 7) is 2.37. The molecule has 0 spiro atoms. The van der Waals surface area contributed by atoms with Crippen molar-refractivity contribution < 1.29 is 4.74 Å². The number of hydrogen-bond acceptors (Lipinski definition) is 3. The molecule has 3 aliphatic rings. The Morgan fingerprint density at radius 1 is 0.792 bits per heavy atom. The van der Waals surface area contributed by atoms with E-state index in [1.165, 1.54) is 37.9 Å². The van der Waals surface area contributed by atoms with Crippen LogP contribution in [-0.4, -0.2) is 7.05 Å². The van der Waals surface area contributed by atoms with Crippen molar-refractivity contribution in [3.63, 3.8) is 0 Å². The lowest BCUT2D eigenvalue weighted by Crippen LogP contribution is -2.39. The van der Waals surface area contributed by atoms with Crippen LogP contribution in [0.3, 0.4) is 0 Å². The summed E-state index contributed by atoms with van der Waals surface area (Å²) in [6.07, 6.45) is 0. The zero-order valence-corrected chi connectivity index (χ0v) is 14.3. The molecule has 0 N–H and O–H groups in total. The lowest BCUT2D eigenvalue weighted by atomic mass is 9.66. The van der Waals surface area contributed by atoms with E-state index >= 15 is 0 Å². The third-order valence-electron chi connectivity index (χ3n) is 5.66. The molecule has 3 heterocycles. The van der Waals surface area contributed by atoms with Crippen molar-refractivity contribution >= 4 is 23.1 Å². The van der Waals surface area contributed by atoms with E-state index in [1.807, 2.05) is 11.8 Å². The molecule has 6 rings (SSSR count). The van der Waals surface area contributed by atoms with Gasteiger partial charge in [-0.2, -0.15) is 0 Å². The number of hydrogen-bond donors (Lipinski definition) is 0. The normalized spacial score (nSPS) is 21.2. The fourth-order valence-corrected chi connectivity index (χ4v) is 6.04. The number of benzene rings is 3. The minimum atomic E-state index is -0.153. The maximum Gasteiger partial charge on any atom is 0.133 e. The number of nitrogens with zero attached hydrogens (tertiary/aromatic N) is 1. The highest BCUT2D eigenvalue weighted by atomic mass is 32.2. The van der Waals surface area contributed by atoms with Gasteiger partial charge in [0.05, 0.1) is 5.41 Å². The molecule has 0 saturated carbocycles. The second-order valence-electron chi connectivity index (χ2n) is 6.82. The highest BCUT2D eigenvalue weighted by molar-refractivity contribution is 7.99. The van der Waals surface area contributed by atoms with Gasteiger partial charge >= 0.3 is 0 Å². The molecule has 1 atom stereocenters. The Hall–Kier alpha value is -2.39. The van der Waals surface area contributed by atoms with Gasteiger partial charge in [-0.15, -0.1) is 0 Å². The van der Waals surface area contributed by atoms with Crippen LogP contribution < -0.4 is 9.64 Å². The number of ether oxygens (including phenoxy) is 1. The first kappa shape index (κ1) is 13.0. The summed E-state index contributed by atoms with van der Waals surface area (Å²) in [6, 6.07) is 19.5. The molecule has 0 amide bonds. The van der Waals surface area contributed by atoms with Crippen molar-refractivity contribution in [3.8, 4) is 11.5 Å². The van der Waals surface area contributed by atoms with E-state index in [0.717, 1.165) is 11.5 Å². The average Bonchev–Trinajstić information content (AvgIpc) is 2.59. The summed E-state index contributed by atoms with van der Waals surface area (Å²) in [5.41, 5.74) is 6.43. The second kappa shape index (κ2) is 3.98. The number of anilines is 2. The van der Waals surface area contributed by atoms with Gasteiger partial charge in [0.2, 0.25) is 0 Å². The van der Waals surface area contributed by atoms with Gasteiger partial charge in [-0.1, -0.05) is 30.0 Å². The summed E-state index contributed by atoms with van der Waals surface area (Å²) in [5.74, 6) is 1.98. The van der Waals surface area contributed by atoms with Crippen LogP contribution >= 0.6 is 11.8 Å². The molecule has 2 nitrogen and oxygen atoms in total. The highest BCUT2D eigenvalue weighted by Crippen LogP contribution is 2.65. The van der Waals surface area contributed by atoms with Gasteiger partial charge in [0.1, 0.15) is 11.5 Å². The van der Waals surface area contributed by atoms with E-state index in [4.69, 9.17) is 4.74 Å². The van der Waals surface area contributed by atoms with Crippen molar-refractivity contribution in [2.75, 3.05) is 11.9 Å². The minimum absolute atomic E-state index is 0.153. The molecule has 0 saturated heterocycles. The van der Waals surface area contributed by atoms with Gasteiger partial charge in [-0.25, -0.2) is 0 Å². The molecule has 116 valence electrons. The summed E-state index contributed by atoms with van der Waals surface area (Å²) >= 11 is 1.86. The molecule has 3 aromatic rings. The first-order valence-corrected chi connectivity index (χ1v) is 9.01. The topological polar surface area (TPSA) is 12.5 Å². The highest BCUT2D eigenvalue weighted by Gasteiger charge is 2.50. The molecular weight excluding hydrogens is 314 g/mol. The molecule has 3 aromatic carbocycles. The molecule has 0 aromatic heterocycles. The van der Waals surface area contributed by atoms with Gasteiger partial charge in [-0.3, -0.25) is 0 Å². The minimum Gasteiger partial charge on any atom is -0.457 e. The van der Waals surface area contributed by atoms with Crippen LogP contribution in [0, 0.1) is 0 Å². The van der Waals surface area contributed by atoms with Crippen LogP contribution in [0.1, 0.15) is 23.6 Å². The molecule has 0 bridgehead atoms. The van der Waals surface area contributed by atoms with E-state index in [9.17, 15) is 0 Å². The van der Waals surface area contributed by atoms with Gasteiger partial charge in [0.25, 0.3) is 0 Å². The summed E-state index contributed by atoms with van der Waals surface area (Å²) in [5, 5.41) is 0. The molecule has 0 fully saturated rings. The van der Waals surface area contributed by atoms with Crippen molar-refractivity contribution in [2.24, 2.45) is 0 Å². The van der Waals surface area contributed by atoms with E-state index in [1.54, 1.807) is 0 Å². The monoisotopic (exact) mass is 329 g/mol. The molecule has 1 unspecified atom stereocenters. The predicted molar refractivity (Wildman–Crippen MR) is 97.1 cm³/mol. The van der Waals surface area contributed by atoms with E-state index < -0.39 is 0 Å². The quantitative estimate of drug-likeness (QED) is 0.525. The van der Waals surface area contributed by atoms with Gasteiger partial charge < -0.3 is 9.64 Å². The molecule has 0 radical (unpaired) electrons. The third-order valence-corrected chi connectivity index (χ3v) is 6.78. The predicted octanol–water partition coefficient (Wildman–Crippen LogP) is 5.69. The van der Waals surface area contributed by atoms with Gasteiger partial charge in [-0.05, 0) is 43.3 Å². The summed E-state index contributed by atoms with van der Waals surface area (Å²) in [4.78, 5) is 4.97. The standard InChI is InChI=1S/C21H15NOS/c1-21-18-12-6-3-8-14(18)23-15-9-5-11-17(20(15)21)24-16-10-4-7-13(19(16)21)22(12)2/h3-11H,1-2H3. The maximum absolute atomic E-state index is 6.32. The van der Waals surface area contributed by atoms with Gasteiger partial charge in [0, 0.05) is 44.9 Å². The lowest BCUT2D eigenvalue weighted by Gasteiger charge is -2.49. The van der Waals surface area contributed by atoms with Crippen LogP contribution in [-0.2, 0) is 5.41 Å². The van der Waals surface area contributed by atoms with Crippen LogP contribution in [0.25, 0.3) is 0 Å². The van der Waals surface area contributed by atoms with E-state index in [0.29, 0.717) is 0 Å². The molecule has 24 heavy (non-hydrogen) atoms. The fraction of sp³-hybridized carbons (Fsp3) is 0.143. The Morgan fingerprint density at radius 3 is 2.17 bits per heavy atom. The first-order valence-electron chi connectivity index (χ1n) is 8.19. The van der Waals surface area contributed by atoms with Crippen molar-refractivity contribution in [1.82, 2.24) is 0 Å². The van der Waals surface area contributed by atoms with Crippen LogP contribution in [0.15, 0.2) is 64.4 Å². The molecule has 3 aliphatic heterocycles. The van der Waals surface area contributed by atoms with Crippen LogP contribution in [0.5, 0.6) is 11.5 Å². The maximum atomic E-state index is 6.32. The first-order chi connectivity index (χ1) is 11.7. The fourth-order valence-electron chi connectivity index (χ4n) is 4.69. The largest absolute Gasteiger partial charge is 0.457 e. The Morgan fingerprint density at radius 2 is 1.38 bits per heavy atom. The number of rotatable bonds is 0. The zero-order chi connectivity index (χ0) is 16.1. The Labute approximate surface area is 145 Å². The molecule has 0 aliphatic carbocycles. The average molecular weight is 329 g/mol. The Kier molecular flexibility index (Phi) is 2.15. The zero-order valence-electron chi connectivity index (χ0n) is 13.5. The molecular formula is C21H15NOS. The molecule has 3 heteroatoms. The van der Waals surface area contributed by atoms with E-state index in [-0.39, 0.29) is 5.41 Å². The Bertz CT molecular complexity index is 980. The van der Waals surface area contributed by atoms with Crippen LogP contribution in [0.2, 0.25) is 0 Å². The summed E-state index contributed by atoms with van der Waals surface area (Å²) in [7, 11) is 2.16. The third kappa shape index (κ3) is 1.25. The lowest BCUT2D eigenvalue weighted by molar-refractivity contribution is 0.418. The van der Waals surface area contributed by atoms with Crippen molar-refractivity contribution in [1.29, 1.82) is 0 Å². The second-order valence-corrected chi connectivity index (χ2v) is 7.90. The Balaban J connectivity index is 1.87. The smallest absolute Gasteiger partial charge is 0.133 e. The van der Waals surface area contributed by atoms with Crippen molar-refractivity contribution in [2.45, 2.75) is 22.1 Å². The summed E-state index contributed by atoms with van der Waals surface area (Å²) < 4.78 is 6.32. The van der Waals surface area contributed by atoms with Crippen molar-refractivity contribution in [3.05, 3.63) is 71.3 Å². The van der Waals surface area contributed by atoms with E-state index in [2.05, 4.69) is 73.5 Å². The SMILES string of the molecule is CN1c2cccc3c2C2(C)c4c(cccc4Sc4cccc1c42)O3. The van der Waals surface area contributed by atoms with Crippen LogP contribution in [0.4, 0.5) is 11.4 Å².